The van der Waals surface area contributed by atoms with Gasteiger partial charge in [0.25, 0.3) is 0 Å². The van der Waals surface area contributed by atoms with E-state index in [-0.39, 0.29) is 0 Å². The van der Waals surface area contributed by atoms with Gasteiger partial charge in [0.05, 0.1) is 12.8 Å². The number of hydrogen-bond donors (Lipinski definition) is 1. The maximum atomic E-state index is 10.6. The zero-order chi connectivity index (χ0) is 13.8. The first-order chi connectivity index (χ1) is 9.17. The molecule has 0 aliphatic heterocycles. The van der Waals surface area contributed by atoms with E-state index in [1.165, 1.54) is 0 Å². The van der Waals surface area contributed by atoms with Crippen molar-refractivity contribution in [3.05, 3.63) is 47.3 Å². The molecule has 1 atom stereocenters. The summed E-state index contributed by atoms with van der Waals surface area (Å²) < 4.78 is 7.17. The van der Waals surface area contributed by atoms with Crippen LogP contribution in [-0.2, 0) is 6.54 Å². The molecule has 0 saturated carbocycles. The van der Waals surface area contributed by atoms with Crippen molar-refractivity contribution in [1.82, 2.24) is 9.78 Å². The minimum absolute atomic E-state index is 0.697. The Hall–Kier alpha value is -1.81. The van der Waals surface area contributed by atoms with Gasteiger partial charge in [-0.2, -0.15) is 5.10 Å². The lowest BCUT2D eigenvalue weighted by atomic mass is 10.0. The summed E-state index contributed by atoms with van der Waals surface area (Å²) in [6.07, 6.45) is 1.98. The highest BCUT2D eigenvalue weighted by atomic mass is 16.5. The number of rotatable bonds is 5. The van der Waals surface area contributed by atoms with Crippen LogP contribution in [0.2, 0.25) is 0 Å². The molecule has 4 nitrogen and oxygen atoms in total. The topological polar surface area (TPSA) is 47.3 Å². The van der Waals surface area contributed by atoms with Crippen molar-refractivity contribution in [3.8, 4) is 5.75 Å². The van der Waals surface area contributed by atoms with Crippen molar-refractivity contribution in [2.75, 3.05) is 7.11 Å². The molecule has 1 aromatic heterocycles. The second-order valence-corrected chi connectivity index (χ2v) is 4.63. The van der Waals surface area contributed by atoms with Gasteiger partial charge >= 0.3 is 0 Å². The molecule has 4 heteroatoms. The minimum Gasteiger partial charge on any atom is -0.496 e. The van der Waals surface area contributed by atoms with E-state index in [0.29, 0.717) is 5.75 Å². The molecule has 0 amide bonds. The molecule has 2 rings (SSSR count). The fourth-order valence-corrected chi connectivity index (χ4v) is 2.20. The number of methoxy groups -OCH3 is 1. The highest BCUT2D eigenvalue weighted by molar-refractivity contribution is 5.41. The normalized spacial score (nSPS) is 12.4. The van der Waals surface area contributed by atoms with E-state index in [0.717, 1.165) is 29.8 Å². The highest BCUT2D eigenvalue weighted by Gasteiger charge is 2.19. The van der Waals surface area contributed by atoms with Crippen LogP contribution < -0.4 is 4.74 Å². The van der Waals surface area contributed by atoms with Crippen LogP contribution in [0, 0.1) is 6.92 Å². The Morgan fingerprint density at radius 1 is 1.37 bits per heavy atom. The third-order valence-corrected chi connectivity index (χ3v) is 3.14. The van der Waals surface area contributed by atoms with E-state index in [1.54, 1.807) is 13.3 Å². The predicted octanol–water partition coefficient (Wildman–Crippen LogP) is 2.69. The molecule has 1 aromatic carbocycles. The number of nitrogens with zero attached hydrogens (tertiary/aromatic N) is 2. The Balaban J connectivity index is 2.40. The summed E-state index contributed by atoms with van der Waals surface area (Å²) in [5, 5.41) is 14.8. The fourth-order valence-electron chi connectivity index (χ4n) is 2.20. The van der Waals surface area contributed by atoms with E-state index >= 15 is 0 Å². The number of aliphatic hydroxyl groups excluding tert-OH is 1. The summed E-state index contributed by atoms with van der Waals surface area (Å²) >= 11 is 0. The number of aryl methyl sites for hydroxylation is 2. The molecular weight excluding hydrogens is 240 g/mol. The van der Waals surface area contributed by atoms with E-state index in [1.807, 2.05) is 35.9 Å². The number of benzene rings is 1. The largest absolute Gasteiger partial charge is 0.496 e. The van der Waals surface area contributed by atoms with Gasteiger partial charge in [0.15, 0.2) is 0 Å². The zero-order valence-corrected chi connectivity index (χ0v) is 11.6. The van der Waals surface area contributed by atoms with Crippen LogP contribution in [0.25, 0.3) is 0 Å². The van der Waals surface area contributed by atoms with Crippen molar-refractivity contribution in [2.45, 2.75) is 32.9 Å². The number of aliphatic hydroxyl groups is 1. The Morgan fingerprint density at radius 3 is 2.84 bits per heavy atom. The van der Waals surface area contributed by atoms with E-state index in [9.17, 15) is 5.11 Å². The van der Waals surface area contributed by atoms with E-state index < -0.39 is 6.10 Å². The van der Waals surface area contributed by atoms with Crippen molar-refractivity contribution in [1.29, 1.82) is 0 Å². The zero-order valence-electron chi connectivity index (χ0n) is 11.6. The van der Waals surface area contributed by atoms with Crippen molar-refractivity contribution in [3.63, 3.8) is 0 Å². The Bertz CT molecular complexity index is 549. The second kappa shape index (κ2) is 5.89. The molecule has 1 unspecified atom stereocenters. The predicted molar refractivity (Wildman–Crippen MR) is 74.3 cm³/mol. The third kappa shape index (κ3) is 2.79. The lowest BCUT2D eigenvalue weighted by molar-refractivity contribution is 0.202. The first-order valence-electron chi connectivity index (χ1n) is 6.51. The van der Waals surface area contributed by atoms with Crippen LogP contribution >= 0.6 is 0 Å². The standard InChI is InChI=1S/C15H20N2O2/c1-4-9-17-13(7-8-16-17)15(18)12-10-11(2)5-6-14(12)19-3/h5-8,10,15,18H,4,9H2,1-3H3. The Labute approximate surface area is 113 Å². The molecule has 1 heterocycles. The third-order valence-electron chi connectivity index (χ3n) is 3.14. The van der Waals surface area contributed by atoms with Gasteiger partial charge in [0.1, 0.15) is 11.9 Å². The van der Waals surface area contributed by atoms with Gasteiger partial charge in [-0.3, -0.25) is 4.68 Å². The van der Waals surface area contributed by atoms with Gasteiger partial charge in [0, 0.05) is 18.3 Å². The molecular formula is C15H20N2O2. The Kier molecular flexibility index (Phi) is 4.22. The molecule has 0 aliphatic rings. The fraction of sp³-hybridized carbons (Fsp3) is 0.400. The number of ether oxygens (including phenoxy) is 1. The molecule has 2 aromatic rings. The summed E-state index contributed by atoms with van der Waals surface area (Å²) in [5.41, 5.74) is 2.67. The number of aromatic nitrogens is 2. The van der Waals surface area contributed by atoms with E-state index in [4.69, 9.17) is 4.74 Å². The lowest BCUT2D eigenvalue weighted by Gasteiger charge is -2.17. The SMILES string of the molecule is CCCn1nccc1C(O)c1cc(C)ccc1OC. The first-order valence-corrected chi connectivity index (χ1v) is 6.51. The van der Waals surface area contributed by atoms with Crippen molar-refractivity contribution >= 4 is 0 Å². The molecule has 0 radical (unpaired) electrons. The monoisotopic (exact) mass is 260 g/mol. The minimum atomic E-state index is -0.719. The smallest absolute Gasteiger partial charge is 0.125 e. The maximum Gasteiger partial charge on any atom is 0.125 e. The highest BCUT2D eigenvalue weighted by Crippen LogP contribution is 2.30. The van der Waals surface area contributed by atoms with Crippen LogP contribution in [0.4, 0.5) is 0 Å². The summed E-state index contributed by atoms with van der Waals surface area (Å²) in [5.74, 6) is 0.697. The van der Waals surface area contributed by atoms with Crippen LogP contribution in [0.1, 0.15) is 36.3 Å². The van der Waals surface area contributed by atoms with Gasteiger partial charge in [0.2, 0.25) is 0 Å². The summed E-state index contributed by atoms with van der Waals surface area (Å²) in [6, 6.07) is 7.65. The second-order valence-electron chi connectivity index (χ2n) is 4.63. The summed E-state index contributed by atoms with van der Waals surface area (Å²) in [6.45, 7) is 4.89. The van der Waals surface area contributed by atoms with Gasteiger partial charge in [-0.1, -0.05) is 18.6 Å². The summed E-state index contributed by atoms with van der Waals surface area (Å²) in [7, 11) is 1.62. The van der Waals surface area contributed by atoms with E-state index in [2.05, 4.69) is 12.0 Å². The van der Waals surface area contributed by atoms with Crippen molar-refractivity contribution in [2.24, 2.45) is 0 Å². The molecule has 1 N–H and O–H groups in total. The molecule has 102 valence electrons. The van der Waals surface area contributed by atoms with Crippen LogP contribution in [-0.4, -0.2) is 22.0 Å². The average molecular weight is 260 g/mol. The van der Waals surface area contributed by atoms with Crippen LogP contribution in [0.3, 0.4) is 0 Å². The van der Waals surface area contributed by atoms with Crippen molar-refractivity contribution < 1.29 is 9.84 Å². The molecule has 0 fully saturated rings. The number of hydrogen-bond acceptors (Lipinski definition) is 3. The van der Waals surface area contributed by atoms with Gasteiger partial charge < -0.3 is 9.84 Å². The van der Waals surface area contributed by atoms with Crippen LogP contribution in [0.15, 0.2) is 30.5 Å². The lowest BCUT2D eigenvalue weighted by Crippen LogP contribution is -2.11. The molecule has 0 bridgehead atoms. The molecule has 0 saturated heterocycles. The summed E-state index contributed by atoms with van der Waals surface area (Å²) in [4.78, 5) is 0. The average Bonchev–Trinajstić information content (AvgIpc) is 2.86. The van der Waals surface area contributed by atoms with Crippen LogP contribution in [0.5, 0.6) is 5.75 Å². The Morgan fingerprint density at radius 2 is 2.16 bits per heavy atom. The quantitative estimate of drug-likeness (QED) is 0.899. The van der Waals surface area contributed by atoms with Gasteiger partial charge in [-0.25, -0.2) is 0 Å². The van der Waals surface area contributed by atoms with Gasteiger partial charge in [-0.05, 0) is 31.5 Å². The maximum absolute atomic E-state index is 10.6. The van der Waals surface area contributed by atoms with Gasteiger partial charge in [-0.15, -0.1) is 0 Å². The first kappa shape index (κ1) is 13.6. The molecule has 0 spiro atoms. The molecule has 19 heavy (non-hydrogen) atoms. The molecule has 0 aliphatic carbocycles.